The van der Waals surface area contributed by atoms with E-state index in [1.54, 1.807) is 23.1 Å². The van der Waals surface area contributed by atoms with Crippen LogP contribution in [0.4, 0.5) is 11.7 Å². The van der Waals surface area contributed by atoms with Gasteiger partial charge in [-0.3, -0.25) is 14.9 Å². The van der Waals surface area contributed by atoms with Crippen LogP contribution in [0.2, 0.25) is 0 Å². The Morgan fingerprint density at radius 3 is 2.81 bits per heavy atom. The second kappa shape index (κ2) is 7.94. The number of carbonyl (C=O) groups excluding carboxylic acids is 2. The zero-order valence-corrected chi connectivity index (χ0v) is 16.4. The van der Waals surface area contributed by atoms with Crippen molar-refractivity contribution in [3.63, 3.8) is 0 Å². The van der Waals surface area contributed by atoms with Crippen LogP contribution in [0.3, 0.4) is 0 Å². The number of anilines is 2. The molecule has 5 rings (SSSR count). The summed E-state index contributed by atoms with van der Waals surface area (Å²) in [7, 11) is 0. The molecular weight excluding hydrogens is 400 g/mol. The molecule has 2 amide bonds. The number of rotatable bonds is 5. The average molecular weight is 418 g/mol. The van der Waals surface area contributed by atoms with Crippen LogP contribution < -0.4 is 19.7 Å². The van der Waals surface area contributed by atoms with E-state index in [0.29, 0.717) is 23.9 Å². The first-order valence-corrected chi connectivity index (χ1v) is 9.73. The number of nitrogens with one attached hydrogen (secondary N) is 1. The van der Waals surface area contributed by atoms with Gasteiger partial charge in [-0.1, -0.05) is 29.4 Å². The number of aromatic nitrogens is 2. The molecule has 156 valence electrons. The zero-order chi connectivity index (χ0) is 21.2. The van der Waals surface area contributed by atoms with Gasteiger partial charge in [0.25, 0.3) is 5.91 Å². The summed E-state index contributed by atoms with van der Waals surface area (Å²) < 4.78 is 16.2. The molecule has 2 aliphatic heterocycles. The van der Waals surface area contributed by atoms with E-state index < -0.39 is 5.91 Å². The van der Waals surface area contributed by atoms with E-state index >= 15 is 0 Å². The topological polar surface area (TPSA) is 107 Å². The molecule has 2 aliphatic rings. The van der Waals surface area contributed by atoms with Crippen molar-refractivity contribution >= 4 is 29.6 Å². The van der Waals surface area contributed by atoms with Crippen LogP contribution >= 0.6 is 0 Å². The van der Waals surface area contributed by atoms with Crippen molar-refractivity contribution in [2.45, 2.75) is 12.3 Å². The molecular formula is C22H18N4O5. The highest BCUT2D eigenvalue weighted by atomic mass is 16.7. The van der Waals surface area contributed by atoms with E-state index in [9.17, 15) is 9.59 Å². The number of ether oxygens (including phenoxy) is 2. The highest BCUT2D eigenvalue weighted by molar-refractivity contribution is 6.00. The molecule has 0 saturated carbocycles. The lowest BCUT2D eigenvalue weighted by Gasteiger charge is -2.15. The van der Waals surface area contributed by atoms with E-state index in [-0.39, 0.29) is 31.1 Å². The second-order valence-electron chi connectivity index (χ2n) is 7.12. The first-order chi connectivity index (χ1) is 15.2. The van der Waals surface area contributed by atoms with Gasteiger partial charge in [0.05, 0.1) is 5.92 Å². The Bertz CT molecular complexity index is 1160. The van der Waals surface area contributed by atoms with E-state index in [1.807, 2.05) is 36.4 Å². The molecule has 1 N–H and O–H groups in total. The summed E-state index contributed by atoms with van der Waals surface area (Å²) in [5, 5.41) is 10.4. The number of nitrogens with zero attached hydrogens (tertiary/aromatic N) is 3. The Balaban J connectivity index is 1.21. The Hall–Kier alpha value is -4.14. The molecule has 0 radical (unpaired) electrons. The molecule has 9 nitrogen and oxygen atoms in total. The standard InChI is InChI=1S/C22H18N4O5/c27-19(9-7-14-6-8-17-18(10-14)30-13-29-17)23-22-25-24-21(31-22)15-11-20(28)26(12-15)16-4-2-1-3-5-16/h1-10,15H,11-13H2,(H,23,25,27)/b9-7+. The summed E-state index contributed by atoms with van der Waals surface area (Å²) in [4.78, 5) is 26.3. The van der Waals surface area contributed by atoms with Crippen LogP contribution in [0.15, 0.2) is 59.0 Å². The molecule has 0 spiro atoms. The van der Waals surface area contributed by atoms with Crippen molar-refractivity contribution in [2.24, 2.45) is 0 Å². The van der Waals surface area contributed by atoms with Crippen LogP contribution in [0.1, 0.15) is 23.8 Å². The number of carbonyl (C=O) groups is 2. The van der Waals surface area contributed by atoms with Crippen LogP contribution in [-0.2, 0) is 9.59 Å². The lowest BCUT2D eigenvalue weighted by molar-refractivity contribution is -0.117. The van der Waals surface area contributed by atoms with Crippen molar-refractivity contribution in [1.29, 1.82) is 0 Å². The van der Waals surface area contributed by atoms with Crippen LogP contribution in [0, 0.1) is 0 Å². The maximum Gasteiger partial charge on any atom is 0.322 e. The van der Waals surface area contributed by atoms with Crippen molar-refractivity contribution < 1.29 is 23.5 Å². The molecule has 1 saturated heterocycles. The van der Waals surface area contributed by atoms with E-state index in [4.69, 9.17) is 13.9 Å². The van der Waals surface area contributed by atoms with Crippen LogP contribution in [0.25, 0.3) is 6.08 Å². The number of amides is 2. The summed E-state index contributed by atoms with van der Waals surface area (Å²) in [5.41, 5.74) is 1.62. The van der Waals surface area contributed by atoms with Gasteiger partial charge in [-0.05, 0) is 35.9 Å². The van der Waals surface area contributed by atoms with Gasteiger partial charge in [0, 0.05) is 24.7 Å². The molecule has 1 unspecified atom stereocenters. The average Bonchev–Trinajstić information content (AvgIpc) is 3.52. The smallest absolute Gasteiger partial charge is 0.322 e. The SMILES string of the molecule is O=C(/C=C/c1ccc2c(c1)OCO2)Nc1nnc(C2CC(=O)N(c3ccccc3)C2)o1. The Morgan fingerprint density at radius 2 is 1.94 bits per heavy atom. The van der Waals surface area contributed by atoms with Crippen molar-refractivity contribution in [3.8, 4) is 11.5 Å². The molecule has 1 aromatic heterocycles. The van der Waals surface area contributed by atoms with Gasteiger partial charge in [0.15, 0.2) is 11.5 Å². The second-order valence-corrected chi connectivity index (χ2v) is 7.12. The van der Waals surface area contributed by atoms with Crippen molar-refractivity contribution in [1.82, 2.24) is 10.2 Å². The Kier molecular flexibility index (Phi) is 4.83. The minimum Gasteiger partial charge on any atom is -0.454 e. The Morgan fingerprint density at radius 1 is 1.10 bits per heavy atom. The fourth-order valence-electron chi connectivity index (χ4n) is 3.52. The predicted octanol–water partition coefficient (Wildman–Crippen LogP) is 2.97. The van der Waals surface area contributed by atoms with E-state index in [0.717, 1.165) is 11.3 Å². The lowest BCUT2D eigenvalue weighted by Crippen LogP contribution is -2.24. The summed E-state index contributed by atoms with van der Waals surface area (Å²) in [5.74, 6) is 0.987. The molecule has 3 heterocycles. The van der Waals surface area contributed by atoms with Crippen LogP contribution in [0.5, 0.6) is 11.5 Å². The van der Waals surface area contributed by atoms with Gasteiger partial charge in [0.2, 0.25) is 18.6 Å². The van der Waals surface area contributed by atoms with Crippen LogP contribution in [-0.4, -0.2) is 35.3 Å². The molecule has 1 atom stereocenters. The molecule has 0 bridgehead atoms. The summed E-state index contributed by atoms with van der Waals surface area (Å²) in [6.45, 7) is 0.640. The molecule has 9 heteroatoms. The highest BCUT2D eigenvalue weighted by Gasteiger charge is 2.35. The fraction of sp³-hybridized carbons (Fsp3) is 0.182. The number of benzene rings is 2. The molecule has 1 fully saturated rings. The third kappa shape index (κ3) is 3.97. The van der Waals surface area contributed by atoms with Gasteiger partial charge in [-0.2, -0.15) is 0 Å². The molecule has 0 aliphatic carbocycles. The maximum absolute atomic E-state index is 12.4. The number of para-hydroxylation sites is 1. The minimum absolute atomic E-state index is 0.00774. The number of fused-ring (bicyclic) bond motifs is 1. The van der Waals surface area contributed by atoms with Gasteiger partial charge in [0.1, 0.15) is 0 Å². The van der Waals surface area contributed by atoms with Crippen molar-refractivity contribution in [2.75, 3.05) is 23.6 Å². The minimum atomic E-state index is -0.415. The van der Waals surface area contributed by atoms with Crippen molar-refractivity contribution in [3.05, 3.63) is 66.1 Å². The maximum atomic E-state index is 12.4. The highest BCUT2D eigenvalue weighted by Crippen LogP contribution is 2.33. The van der Waals surface area contributed by atoms with Gasteiger partial charge in [-0.15, -0.1) is 5.10 Å². The first-order valence-electron chi connectivity index (χ1n) is 9.73. The normalized spacial score (nSPS) is 17.5. The van der Waals surface area contributed by atoms with E-state index in [2.05, 4.69) is 15.5 Å². The van der Waals surface area contributed by atoms with E-state index in [1.165, 1.54) is 6.08 Å². The monoisotopic (exact) mass is 418 g/mol. The first kappa shape index (κ1) is 18.9. The van der Waals surface area contributed by atoms with Gasteiger partial charge < -0.3 is 18.8 Å². The quantitative estimate of drug-likeness (QED) is 0.635. The summed E-state index contributed by atoms with van der Waals surface area (Å²) >= 11 is 0. The Labute approximate surface area is 177 Å². The predicted molar refractivity (Wildman–Crippen MR) is 111 cm³/mol. The summed E-state index contributed by atoms with van der Waals surface area (Å²) in [6, 6.07) is 14.8. The largest absolute Gasteiger partial charge is 0.454 e. The fourth-order valence-corrected chi connectivity index (χ4v) is 3.52. The number of hydrogen-bond donors (Lipinski definition) is 1. The third-order valence-corrected chi connectivity index (χ3v) is 5.04. The third-order valence-electron chi connectivity index (χ3n) is 5.04. The zero-order valence-electron chi connectivity index (χ0n) is 16.4. The molecule has 2 aromatic carbocycles. The van der Waals surface area contributed by atoms with Gasteiger partial charge in [-0.25, -0.2) is 0 Å². The molecule has 31 heavy (non-hydrogen) atoms. The lowest BCUT2D eigenvalue weighted by atomic mass is 10.1. The number of hydrogen-bond acceptors (Lipinski definition) is 7. The molecule has 3 aromatic rings. The summed E-state index contributed by atoms with van der Waals surface area (Å²) in [6.07, 6.45) is 3.27. The van der Waals surface area contributed by atoms with Gasteiger partial charge >= 0.3 is 6.01 Å².